The number of hydrogen-bond acceptors (Lipinski definition) is 7. The van der Waals surface area contributed by atoms with Gasteiger partial charge in [0.2, 0.25) is 17.7 Å². The molecule has 0 saturated carbocycles. The van der Waals surface area contributed by atoms with Crippen LogP contribution in [0.1, 0.15) is 74.9 Å². The van der Waals surface area contributed by atoms with Crippen molar-refractivity contribution in [2.45, 2.75) is 57.8 Å². The highest BCUT2D eigenvalue weighted by molar-refractivity contribution is 7.49. The van der Waals surface area contributed by atoms with Gasteiger partial charge in [-0.25, -0.2) is 0 Å². The molecule has 11 heteroatoms. The minimum atomic E-state index is -4.41. The maximum atomic E-state index is 14.8. The van der Waals surface area contributed by atoms with Gasteiger partial charge >= 0.3 is 7.82 Å². The van der Waals surface area contributed by atoms with E-state index in [4.69, 9.17) is 13.6 Å². The molecule has 0 atom stereocenters. The van der Waals surface area contributed by atoms with Crippen LogP contribution < -0.4 is 29.5 Å². The van der Waals surface area contributed by atoms with Gasteiger partial charge < -0.3 is 29.5 Å². The van der Waals surface area contributed by atoms with E-state index in [9.17, 15) is 18.9 Å². The minimum Gasteiger partial charge on any atom is -0.386 e. The molecule has 0 radical (unpaired) electrons. The van der Waals surface area contributed by atoms with Crippen LogP contribution in [0.5, 0.6) is 17.2 Å². The van der Waals surface area contributed by atoms with E-state index >= 15 is 0 Å². The molecule has 0 fully saturated rings. The number of benzene rings is 6. The lowest BCUT2D eigenvalue weighted by Gasteiger charge is -2.27. The van der Waals surface area contributed by atoms with Gasteiger partial charge in [-0.05, 0) is 124 Å². The normalized spacial score (nSPS) is 11.7. The number of phosphoric ester groups is 1. The Morgan fingerprint density at radius 2 is 0.569 bits per heavy atom. The fourth-order valence-electron chi connectivity index (χ4n) is 7.23. The second-order valence-corrected chi connectivity index (χ2v) is 18.4. The van der Waals surface area contributed by atoms with Gasteiger partial charge in [-0.2, -0.15) is 4.57 Å². The Bertz CT molecular complexity index is 2420. The first-order valence-corrected chi connectivity index (χ1v) is 22.4. The number of anilines is 3. The Kier molecular flexibility index (Phi) is 14.1. The molecule has 0 aliphatic carbocycles. The maximum absolute atomic E-state index is 14.8. The monoisotopic (exact) mass is 887 g/mol. The van der Waals surface area contributed by atoms with Crippen molar-refractivity contribution in [3.05, 3.63) is 217 Å². The molecular weight excluding hydrogens is 834 g/mol. The summed E-state index contributed by atoms with van der Waals surface area (Å²) in [6, 6.07) is 44.6. The summed E-state index contributed by atoms with van der Waals surface area (Å²) < 4.78 is 33.3. The molecule has 332 valence electrons. The van der Waals surface area contributed by atoms with Gasteiger partial charge in [0.15, 0.2) is 0 Å². The van der Waals surface area contributed by atoms with Crippen LogP contribution >= 0.6 is 7.82 Å². The lowest BCUT2D eigenvalue weighted by molar-refractivity contribution is -0.112. The summed E-state index contributed by atoms with van der Waals surface area (Å²) >= 11 is 0. The molecular formula is C54H54N3O7P. The third kappa shape index (κ3) is 11.4. The zero-order valence-corrected chi connectivity index (χ0v) is 38.4. The second-order valence-electron chi connectivity index (χ2n) is 17.0. The van der Waals surface area contributed by atoms with Gasteiger partial charge in [-0.15, -0.1) is 0 Å². The van der Waals surface area contributed by atoms with Crippen LogP contribution in [0.2, 0.25) is 0 Å². The third-order valence-electron chi connectivity index (χ3n) is 11.6. The number of nitrogens with one attached hydrogen (secondary N) is 3. The Morgan fingerprint density at radius 1 is 0.385 bits per heavy atom. The summed E-state index contributed by atoms with van der Waals surface area (Å²) in [4.78, 5) is 35.4. The number of rotatable bonds is 18. The van der Waals surface area contributed by atoms with Crippen LogP contribution in [-0.4, -0.2) is 17.7 Å². The summed E-state index contributed by atoms with van der Waals surface area (Å²) in [6.07, 6.45) is 3.67. The standard InChI is InChI=1S/C54H54N3O7P/c1-10-49(58)55-43-25-13-37(14-26-43)52(4,5)40-19-31-46(32-20-40)62-65(61,63-47-33-21-41(22-34-47)53(6,7)38-15-27-44(28-16-38)56-50(59)11-2)64-48-35-23-42(24-36-48)54(8,9)39-17-29-45(30-18-39)57-51(60)12-3/h10-36H,1-3H2,4-9H3,(H,55,58)(H,56,59)(H,57,60). The van der Waals surface area contributed by atoms with Crippen LogP contribution in [0, 0.1) is 0 Å². The third-order valence-corrected chi connectivity index (χ3v) is 12.9. The lowest BCUT2D eigenvalue weighted by atomic mass is 9.78. The van der Waals surface area contributed by atoms with Crippen LogP contribution in [0.3, 0.4) is 0 Å². The average molecular weight is 888 g/mol. The largest absolute Gasteiger partial charge is 0.647 e. The van der Waals surface area contributed by atoms with Gasteiger partial charge in [-0.3, -0.25) is 14.4 Å². The first-order chi connectivity index (χ1) is 30.8. The van der Waals surface area contributed by atoms with Crippen molar-refractivity contribution in [3.63, 3.8) is 0 Å². The Morgan fingerprint density at radius 3 is 0.754 bits per heavy atom. The molecule has 0 aliphatic rings. The molecule has 0 aliphatic heterocycles. The van der Waals surface area contributed by atoms with Crippen molar-refractivity contribution in [3.8, 4) is 17.2 Å². The van der Waals surface area contributed by atoms with Crippen LogP contribution in [0.15, 0.2) is 184 Å². The van der Waals surface area contributed by atoms with Crippen LogP contribution in [0.4, 0.5) is 17.1 Å². The molecule has 65 heavy (non-hydrogen) atoms. The zero-order valence-electron chi connectivity index (χ0n) is 37.5. The average Bonchev–Trinajstić information content (AvgIpc) is 3.29. The molecule has 0 aromatic heterocycles. The van der Waals surface area contributed by atoms with Gasteiger partial charge in [0.05, 0.1) is 0 Å². The van der Waals surface area contributed by atoms with Crippen molar-refractivity contribution in [1.29, 1.82) is 0 Å². The molecule has 6 rings (SSSR count). The lowest BCUT2D eigenvalue weighted by Crippen LogP contribution is -2.19. The van der Waals surface area contributed by atoms with Crippen molar-refractivity contribution in [2.75, 3.05) is 16.0 Å². The highest BCUT2D eigenvalue weighted by atomic mass is 31.2. The molecule has 3 amide bonds. The van der Waals surface area contributed by atoms with Crippen molar-refractivity contribution >= 4 is 42.6 Å². The number of hydrogen-bond donors (Lipinski definition) is 3. The molecule has 10 nitrogen and oxygen atoms in total. The molecule has 0 spiro atoms. The molecule has 0 unspecified atom stereocenters. The van der Waals surface area contributed by atoms with Crippen LogP contribution in [-0.2, 0) is 35.2 Å². The molecule has 6 aromatic carbocycles. The molecule has 3 N–H and O–H groups in total. The van der Waals surface area contributed by atoms with Crippen molar-refractivity contribution in [2.24, 2.45) is 0 Å². The summed E-state index contributed by atoms with van der Waals surface area (Å²) in [6.45, 7) is 23.1. The van der Waals surface area contributed by atoms with E-state index in [-0.39, 0.29) is 35.0 Å². The Hall–Kier alpha value is -7.42. The number of amides is 3. The molecule has 0 heterocycles. The molecule has 0 saturated heterocycles. The predicted molar refractivity (Wildman–Crippen MR) is 261 cm³/mol. The van der Waals surface area contributed by atoms with E-state index in [1.54, 1.807) is 36.4 Å². The topological polar surface area (TPSA) is 132 Å². The van der Waals surface area contributed by atoms with Crippen molar-refractivity contribution in [1.82, 2.24) is 0 Å². The minimum absolute atomic E-state index is 0.270. The summed E-state index contributed by atoms with van der Waals surface area (Å²) in [7, 11) is -4.41. The smallest absolute Gasteiger partial charge is 0.386 e. The zero-order chi connectivity index (χ0) is 47.0. The number of carbonyl (C=O) groups is 3. The first kappa shape index (κ1) is 47.1. The SMILES string of the molecule is C=CC(=O)Nc1ccc(C(C)(C)c2ccc(OP(=O)(Oc3ccc(C(C)(C)c4ccc(NC(=O)C=C)cc4)cc3)Oc3ccc(C(C)(C)c4ccc(NC(=O)C=C)cc4)cc3)cc2)cc1. The summed E-state index contributed by atoms with van der Waals surface area (Å²) in [5.74, 6) is -0.0461. The highest BCUT2D eigenvalue weighted by Gasteiger charge is 2.35. The van der Waals surface area contributed by atoms with Gasteiger partial charge in [0.25, 0.3) is 0 Å². The number of carbonyl (C=O) groups excluding carboxylic acids is 3. The van der Waals surface area contributed by atoms with E-state index in [0.29, 0.717) is 17.1 Å². The fraction of sp³-hybridized carbons (Fsp3) is 0.167. The van der Waals surface area contributed by atoms with E-state index in [2.05, 4.69) is 77.2 Å². The first-order valence-electron chi connectivity index (χ1n) is 21.0. The Balaban J connectivity index is 1.25. The molecule has 0 bridgehead atoms. The van der Waals surface area contributed by atoms with Crippen LogP contribution in [0.25, 0.3) is 0 Å². The second kappa shape index (κ2) is 19.5. The number of phosphoric acid groups is 1. The van der Waals surface area contributed by atoms with Crippen molar-refractivity contribution < 1.29 is 32.5 Å². The quantitative estimate of drug-likeness (QED) is 0.0578. The fourth-order valence-corrected chi connectivity index (χ4v) is 8.48. The van der Waals surface area contributed by atoms with Gasteiger partial charge in [0, 0.05) is 33.3 Å². The Labute approximate surface area is 381 Å². The predicted octanol–water partition coefficient (Wildman–Crippen LogP) is 12.7. The molecule has 6 aromatic rings. The highest BCUT2D eigenvalue weighted by Crippen LogP contribution is 2.51. The van der Waals surface area contributed by atoms with E-state index in [1.165, 1.54) is 18.2 Å². The van der Waals surface area contributed by atoms with E-state index < -0.39 is 24.1 Å². The maximum Gasteiger partial charge on any atom is 0.647 e. The summed E-state index contributed by atoms with van der Waals surface area (Å²) in [5, 5.41) is 8.32. The van der Waals surface area contributed by atoms with Gasteiger partial charge in [0.1, 0.15) is 17.2 Å². The van der Waals surface area contributed by atoms with Gasteiger partial charge in [-0.1, -0.05) is 134 Å². The summed E-state index contributed by atoms with van der Waals surface area (Å²) in [5.41, 5.74) is 6.62. The van der Waals surface area contributed by atoms with E-state index in [1.807, 2.05) is 109 Å². The van der Waals surface area contributed by atoms with E-state index in [0.717, 1.165) is 33.4 Å².